The highest BCUT2D eigenvalue weighted by molar-refractivity contribution is 5.89. The molecule has 5 nitrogen and oxygen atoms in total. The first-order chi connectivity index (χ1) is 10.9. The van der Waals surface area contributed by atoms with Gasteiger partial charge in [0, 0.05) is 44.1 Å². The number of carbonyl (C=O) groups is 1. The lowest BCUT2D eigenvalue weighted by molar-refractivity contribution is -0.137. The third-order valence-electron chi connectivity index (χ3n) is 3.55. The number of alkyl halides is 3. The quantitative estimate of drug-likeness (QED) is 0.795. The van der Waals surface area contributed by atoms with E-state index in [1.165, 1.54) is 12.1 Å². The van der Waals surface area contributed by atoms with Gasteiger partial charge in [-0.1, -0.05) is 6.92 Å². The van der Waals surface area contributed by atoms with E-state index in [1.807, 2.05) is 6.92 Å². The maximum absolute atomic E-state index is 13.4. The van der Waals surface area contributed by atoms with Crippen molar-refractivity contribution < 1.29 is 18.0 Å². The number of hydrogen-bond donors (Lipinski definition) is 3. The monoisotopic (exact) mass is 330 g/mol. The lowest BCUT2D eigenvalue weighted by atomic mass is 10.1. The first-order valence-electron chi connectivity index (χ1n) is 7.63. The molecule has 1 saturated heterocycles. The van der Waals surface area contributed by atoms with Crippen LogP contribution in [-0.2, 0) is 6.18 Å². The van der Waals surface area contributed by atoms with Gasteiger partial charge in [-0.15, -0.1) is 0 Å². The van der Waals surface area contributed by atoms with Gasteiger partial charge >= 0.3 is 12.2 Å². The summed E-state index contributed by atoms with van der Waals surface area (Å²) < 4.78 is 40.1. The van der Waals surface area contributed by atoms with Crippen molar-refractivity contribution in [1.29, 1.82) is 0 Å². The molecule has 2 amide bonds. The van der Waals surface area contributed by atoms with Crippen LogP contribution in [0, 0.1) is 0 Å². The van der Waals surface area contributed by atoms with E-state index >= 15 is 0 Å². The van der Waals surface area contributed by atoms with Gasteiger partial charge in [-0.25, -0.2) is 4.79 Å². The predicted molar refractivity (Wildman–Crippen MR) is 83.8 cm³/mol. The summed E-state index contributed by atoms with van der Waals surface area (Å²) in [5, 5.41) is 8.12. The smallest absolute Gasteiger partial charge is 0.368 e. The third-order valence-corrected chi connectivity index (χ3v) is 3.55. The molecule has 23 heavy (non-hydrogen) atoms. The second-order valence-electron chi connectivity index (χ2n) is 5.35. The summed E-state index contributed by atoms with van der Waals surface area (Å²) in [5.41, 5.74) is -0.448. The first-order valence-corrected chi connectivity index (χ1v) is 7.63. The van der Waals surface area contributed by atoms with Gasteiger partial charge in [0.2, 0.25) is 0 Å². The van der Waals surface area contributed by atoms with Crippen molar-refractivity contribution in [2.45, 2.75) is 19.5 Å². The van der Waals surface area contributed by atoms with Crippen LogP contribution in [0.15, 0.2) is 18.2 Å². The summed E-state index contributed by atoms with van der Waals surface area (Å²) in [6, 6.07) is 3.40. The number of amides is 2. The molecular formula is C15H21F3N4O. The molecule has 0 atom stereocenters. The molecule has 8 heteroatoms. The number of nitrogens with one attached hydrogen (secondary N) is 3. The maximum atomic E-state index is 13.4. The number of hydrogen-bond acceptors (Lipinski definition) is 3. The summed E-state index contributed by atoms with van der Waals surface area (Å²) in [7, 11) is 0. The van der Waals surface area contributed by atoms with Crippen LogP contribution in [-0.4, -0.2) is 38.8 Å². The van der Waals surface area contributed by atoms with Crippen LogP contribution in [0.3, 0.4) is 0 Å². The molecule has 128 valence electrons. The van der Waals surface area contributed by atoms with Gasteiger partial charge in [0.1, 0.15) is 0 Å². The van der Waals surface area contributed by atoms with Crippen LogP contribution >= 0.6 is 0 Å². The predicted octanol–water partition coefficient (Wildman–Crippen LogP) is 2.65. The Morgan fingerprint density at radius 1 is 1.30 bits per heavy atom. The average Bonchev–Trinajstić information content (AvgIpc) is 2.53. The van der Waals surface area contributed by atoms with E-state index in [9.17, 15) is 18.0 Å². The van der Waals surface area contributed by atoms with E-state index in [2.05, 4.69) is 16.0 Å². The molecule has 1 aliphatic rings. The third kappa shape index (κ3) is 4.75. The highest BCUT2D eigenvalue weighted by Gasteiger charge is 2.35. The number of halogens is 3. The van der Waals surface area contributed by atoms with Crippen LogP contribution in [0.25, 0.3) is 0 Å². The summed E-state index contributed by atoms with van der Waals surface area (Å²) in [6.07, 6.45) is -3.72. The number of urea groups is 1. The number of anilines is 2. The van der Waals surface area contributed by atoms with Gasteiger partial charge < -0.3 is 20.9 Å². The molecule has 1 fully saturated rings. The Morgan fingerprint density at radius 2 is 2.00 bits per heavy atom. The van der Waals surface area contributed by atoms with Crippen molar-refractivity contribution in [2.24, 2.45) is 0 Å². The second kappa shape index (κ2) is 7.54. The summed E-state index contributed by atoms with van der Waals surface area (Å²) in [6.45, 7) is 4.70. The molecule has 0 aliphatic carbocycles. The SMILES string of the molecule is CCCNC(=O)Nc1ccc(N2CCNCC2)c(C(F)(F)F)c1. The zero-order chi connectivity index (χ0) is 16.9. The molecule has 3 N–H and O–H groups in total. The molecule has 0 unspecified atom stereocenters. The minimum absolute atomic E-state index is 0.129. The molecule has 1 aromatic carbocycles. The zero-order valence-electron chi connectivity index (χ0n) is 13.0. The molecule has 1 aromatic rings. The van der Waals surface area contributed by atoms with E-state index in [0.29, 0.717) is 32.7 Å². The Bertz CT molecular complexity index is 542. The highest BCUT2D eigenvalue weighted by atomic mass is 19.4. The summed E-state index contributed by atoms with van der Waals surface area (Å²) in [5.74, 6) is 0. The van der Waals surface area contributed by atoms with Crippen molar-refractivity contribution in [3.63, 3.8) is 0 Å². The van der Waals surface area contributed by atoms with Crippen LogP contribution in [0.4, 0.5) is 29.3 Å². The number of benzene rings is 1. The number of piperazine rings is 1. The molecule has 0 saturated carbocycles. The van der Waals surface area contributed by atoms with Crippen LogP contribution < -0.4 is 20.9 Å². The Labute approximate surface area is 133 Å². The van der Waals surface area contributed by atoms with Crippen molar-refractivity contribution in [1.82, 2.24) is 10.6 Å². The average molecular weight is 330 g/mol. The van der Waals surface area contributed by atoms with Crippen molar-refractivity contribution in [3.05, 3.63) is 23.8 Å². The molecule has 1 heterocycles. The van der Waals surface area contributed by atoms with Gasteiger partial charge in [-0.2, -0.15) is 13.2 Å². The largest absolute Gasteiger partial charge is 0.418 e. The Balaban J connectivity index is 2.22. The second-order valence-corrected chi connectivity index (χ2v) is 5.35. The minimum Gasteiger partial charge on any atom is -0.368 e. The maximum Gasteiger partial charge on any atom is 0.418 e. The highest BCUT2D eigenvalue weighted by Crippen LogP contribution is 2.38. The fraction of sp³-hybridized carbons (Fsp3) is 0.533. The molecule has 0 spiro atoms. The topological polar surface area (TPSA) is 56.4 Å². The Hall–Kier alpha value is -1.96. The lowest BCUT2D eigenvalue weighted by Crippen LogP contribution is -2.44. The molecule has 0 radical (unpaired) electrons. The fourth-order valence-corrected chi connectivity index (χ4v) is 2.44. The van der Waals surface area contributed by atoms with Crippen molar-refractivity contribution >= 4 is 17.4 Å². The number of nitrogens with zero attached hydrogens (tertiary/aromatic N) is 1. The van der Waals surface area contributed by atoms with Crippen LogP contribution in [0.1, 0.15) is 18.9 Å². The molecule has 2 rings (SSSR count). The van der Waals surface area contributed by atoms with Gasteiger partial charge in [-0.05, 0) is 24.6 Å². The molecule has 1 aliphatic heterocycles. The first kappa shape index (κ1) is 17.4. The molecule has 0 bridgehead atoms. The standard InChI is InChI=1S/C15H21F3N4O/c1-2-5-20-14(23)21-11-3-4-13(12(10-11)15(16,17)18)22-8-6-19-7-9-22/h3-4,10,19H,2,5-9H2,1H3,(H2,20,21,23). The van der Waals surface area contributed by atoms with Crippen LogP contribution in [0.2, 0.25) is 0 Å². The van der Waals surface area contributed by atoms with Crippen molar-refractivity contribution in [3.8, 4) is 0 Å². The number of rotatable bonds is 4. The summed E-state index contributed by atoms with van der Waals surface area (Å²) >= 11 is 0. The fourth-order valence-electron chi connectivity index (χ4n) is 2.44. The van der Waals surface area contributed by atoms with Gasteiger partial charge in [-0.3, -0.25) is 0 Å². The van der Waals surface area contributed by atoms with Gasteiger partial charge in [0.15, 0.2) is 0 Å². The minimum atomic E-state index is -4.47. The normalized spacial score (nSPS) is 15.4. The van der Waals surface area contributed by atoms with E-state index in [4.69, 9.17) is 0 Å². The molecular weight excluding hydrogens is 309 g/mol. The van der Waals surface area contributed by atoms with E-state index in [1.54, 1.807) is 4.90 Å². The number of carbonyl (C=O) groups excluding carboxylic acids is 1. The Morgan fingerprint density at radius 3 is 2.61 bits per heavy atom. The summed E-state index contributed by atoms with van der Waals surface area (Å²) in [4.78, 5) is 13.3. The zero-order valence-corrected chi connectivity index (χ0v) is 13.0. The van der Waals surface area contributed by atoms with Gasteiger partial charge in [0.25, 0.3) is 0 Å². The van der Waals surface area contributed by atoms with E-state index in [0.717, 1.165) is 12.5 Å². The Kier molecular flexibility index (Phi) is 5.70. The lowest BCUT2D eigenvalue weighted by Gasteiger charge is -2.31. The van der Waals surface area contributed by atoms with E-state index in [-0.39, 0.29) is 11.4 Å². The van der Waals surface area contributed by atoms with Crippen LogP contribution in [0.5, 0.6) is 0 Å². The van der Waals surface area contributed by atoms with Gasteiger partial charge in [0.05, 0.1) is 5.56 Å². The molecule has 0 aromatic heterocycles. The van der Waals surface area contributed by atoms with Crippen molar-refractivity contribution in [2.75, 3.05) is 42.9 Å². The van der Waals surface area contributed by atoms with E-state index < -0.39 is 17.8 Å².